The third kappa shape index (κ3) is 2.22. The van der Waals surface area contributed by atoms with Gasteiger partial charge >= 0.3 is 5.97 Å². The third-order valence-electron chi connectivity index (χ3n) is 3.18. The van der Waals surface area contributed by atoms with Crippen molar-refractivity contribution in [1.82, 2.24) is 10.6 Å². The summed E-state index contributed by atoms with van der Waals surface area (Å²) in [5.74, 6) is -0.916. The van der Waals surface area contributed by atoms with Crippen molar-refractivity contribution in [3.8, 4) is 0 Å². The van der Waals surface area contributed by atoms with Crippen LogP contribution in [0.25, 0.3) is 5.57 Å². The Hall–Kier alpha value is -2.56. The Morgan fingerprint density at radius 2 is 1.89 bits per heavy atom. The molecule has 2 unspecified atom stereocenters. The minimum absolute atomic E-state index is 0.0204. The molecule has 5 nitrogen and oxygen atoms in total. The minimum atomic E-state index is -0.916. The van der Waals surface area contributed by atoms with Gasteiger partial charge in [0.05, 0.1) is 11.6 Å². The molecule has 2 aliphatic rings. The van der Waals surface area contributed by atoms with Crippen LogP contribution in [0, 0.1) is 0 Å². The van der Waals surface area contributed by atoms with Crippen LogP contribution in [0.5, 0.6) is 0 Å². The molecule has 0 bridgehead atoms. The summed E-state index contributed by atoms with van der Waals surface area (Å²) in [7, 11) is 0. The molecule has 5 heteroatoms. The third-order valence-corrected chi connectivity index (χ3v) is 3.18. The zero-order valence-corrected chi connectivity index (χ0v) is 10.1. The highest BCUT2D eigenvalue weighted by atomic mass is 16.4. The Kier molecular flexibility index (Phi) is 2.79. The van der Waals surface area contributed by atoms with Gasteiger partial charge < -0.3 is 15.7 Å². The number of hydrogen-bond acceptors (Lipinski definition) is 4. The highest BCUT2D eigenvalue weighted by Crippen LogP contribution is 2.20. The summed E-state index contributed by atoms with van der Waals surface area (Å²) in [5.41, 5.74) is 2.24. The second-order valence-corrected chi connectivity index (χ2v) is 4.42. The average molecular weight is 255 g/mol. The SMILES string of the molecule is O=C(O)c1ccc(C2=CC3NC=CNC3N=C2)cc1. The molecule has 0 amide bonds. The van der Waals surface area contributed by atoms with Crippen LogP contribution in [-0.2, 0) is 0 Å². The van der Waals surface area contributed by atoms with Crippen molar-refractivity contribution in [2.75, 3.05) is 0 Å². The fraction of sp³-hybridized carbons (Fsp3) is 0.143. The van der Waals surface area contributed by atoms with E-state index in [1.807, 2.05) is 18.6 Å². The number of rotatable bonds is 2. The summed E-state index contributed by atoms with van der Waals surface area (Å²) in [6, 6.07) is 6.92. The number of nitrogens with one attached hydrogen (secondary N) is 2. The van der Waals surface area contributed by atoms with Gasteiger partial charge in [0.2, 0.25) is 0 Å². The van der Waals surface area contributed by atoms with E-state index in [1.54, 1.807) is 24.3 Å². The smallest absolute Gasteiger partial charge is 0.335 e. The predicted octanol–water partition coefficient (Wildman–Crippen LogP) is 1.21. The second kappa shape index (κ2) is 4.61. The number of carbonyl (C=O) groups is 1. The van der Waals surface area contributed by atoms with E-state index >= 15 is 0 Å². The van der Waals surface area contributed by atoms with E-state index in [0.29, 0.717) is 0 Å². The minimum Gasteiger partial charge on any atom is -0.478 e. The van der Waals surface area contributed by atoms with E-state index in [4.69, 9.17) is 5.11 Å². The number of hydrogen-bond donors (Lipinski definition) is 3. The average Bonchev–Trinajstić information content (AvgIpc) is 2.47. The van der Waals surface area contributed by atoms with Gasteiger partial charge in [-0.15, -0.1) is 0 Å². The Morgan fingerprint density at radius 3 is 2.63 bits per heavy atom. The monoisotopic (exact) mass is 255 g/mol. The second-order valence-electron chi connectivity index (χ2n) is 4.42. The zero-order valence-electron chi connectivity index (χ0n) is 10.1. The summed E-state index contributed by atoms with van der Waals surface area (Å²) in [6.07, 6.45) is 7.60. The first-order valence-electron chi connectivity index (χ1n) is 6.00. The lowest BCUT2D eigenvalue weighted by Gasteiger charge is -2.29. The number of benzene rings is 1. The number of aromatic carboxylic acids is 1. The van der Waals surface area contributed by atoms with Gasteiger partial charge in [0.15, 0.2) is 0 Å². The summed E-state index contributed by atoms with van der Waals surface area (Å²) in [6.45, 7) is 0. The van der Waals surface area contributed by atoms with E-state index in [-0.39, 0.29) is 17.8 Å². The lowest BCUT2D eigenvalue weighted by molar-refractivity contribution is 0.0697. The molecule has 1 aromatic carbocycles. The number of allylic oxidation sites excluding steroid dienone is 1. The first kappa shape index (κ1) is 11.5. The van der Waals surface area contributed by atoms with Crippen LogP contribution in [0.4, 0.5) is 0 Å². The van der Waals surface area contributed by atoms with E-state index in [0.717, 1.165) is 11.1 Å². The normalized spacial score (nSPS) is 23.9. The summed E-state index contributed by atoms with van der Waals surface area (Å²) < 4.78 is 0. The molecule has 1 aromatic rings. The molecule has 0 aliphatic carbocycles. The highest BCUT2D eigenvalue weighted by Gasteiger charge is 2.22. The summed E-state index contributed by atoms with van der Waals surface area (Å²) in [4.78, 5) is 15.2. The molecule has 3 N–H and O–H groups in total. The number of carboxylic acid groups (broad SMARTS) is 1. The number of nitrogens with zero attached hydrogens (tertiary/aromatic N) is 1. The lowest BCUT2D eigenvalue weighted by atomic mass is 9.99. The first-order valence-corrected chi connectivity index (χ1v) is 6.00. The van der Waals surface area contributed by atoms with Crippen molar-refractivity contribution in [3.63, 3.8) is 0 Å². The molecule has 96 valence electrons. The molecule has 2 atom stereocenters. The van der Waals surface area contributed by atoms with Crippen LogP contribution < -0.4 is 10.6 Å². The molecule has 2 aliphatic heterocycles. The molecule has 2 heterocycles. The molecule has 0 saturated heterocycles. The zero-order chi connectivity index (χ0) is 13.2. The van der Waals surface area contributed by atoms with Gasteiger partial charge in [0, 0.05) is 18.6 Å². The molecule has 0 aromatic heterocycles. The number of carboxylic acids is 1. The Morgan fingerprint density at radius 1 is 1.16 bits per heavy atom. The molecular weight excluding hydrogens is 242 g/mol. The van der Waals surface area contributed by atoms with Gasteiger partial charge in [-0.25, -0.2) is 4.79 Å². The van der Waals surface area contributed by atoms with Crippen LogP contribution in [0.2, 0.25) is 0 Å². The van der Waals surface area contributed by atoms with Crippen molar-refractivity contribution in [2.24, 2.45) is 4.99 Å². The molecule has 0 spiro atoms. The van der Waals surface area contributed by atoms with E-state index in [9.17, 15) is 4.79 Å². The van der Waals surface area contributed by atoms with Crippen molar-refractivity contribution in [3.05, 3.63) is 53.9 Å². The van der Waals surface area contributed by atoms with E-state index < -0.39 is 5.97 Å². The van der Waals surface area contributed by atoms with Crippen molar-refractivity contribution < 1.29 is 9.90 Å². The fourth-order valence-electron chi connectivity index (χ4n) is 2.15. The Labute approximate surface area is 110 Å². The largest absolute Gasteiger partial charge is 0.478 e. The predicted molar refractivity (Wildman–Crippen MR) is 72.9 cm³/mol. The van der Waals surface area contributed by atoms with Crippen molar-refractivity contribution in [1.29, 1.82) is 0 Å². The molecule has 0 fully saturated rings. The van der Waals surface area contributed by atoms with Gasteiger partial charge in [-0.3, -0.25) is 4.99 Å². The summed E-state index contributed by atoms with van der Waals surface area (Å²) in [5, 5.41) is 15.3. The van der Waals surface area contributed by atoms with Crippen LogP contribution in [-0.4, -0.2) is 29.5 Å². The van der Waals surface area contributed by atoms with Gasteiger partial charge in [-0.05, 0) is 29.3 Å². The molecule has 3 rings (SSSR count). The van der Waals surface area contributed by atoms with Crippen LogP contribution in [0.15, 0.2) is 47.7 Å². The quantitative estimate of drug-likeness (QED) is 0.742. The Bertz CT molecular complexity index is 587. The van der Waals surface area contributed by atoms with Gasteiger partial charge in [0.25, 0.3) is 0 Å². The van der Waals surface area contributed by atoms with Crippen molar-refractivity contribution >= 4 is 17.8 Å². The number of fused-ring (bicyclic) bond motifs is 1. The molecular formula is C14H13N3O2. The number of aliphatic imine (C=N–C) groups is 1. The van der Waals surface area contributed by atoms with Crippen LogP contribution in [0.1, 0.15) is 15.9 Å². The maximum Gasteiger partial charge on any atom is 0.335 e. The topological polar surface area (TPSA) is 73.7 Å². The van der Waals surface area contributed by atoms with Gasteiger partial charge in [-0.1, -0.05) is 12.1 Å². The maximum atomic E-state index is 10.8. The molecule has 19 heavy (non-hydrogen) atoms. The van der Waals surface area contributed by atoms with Crippen LogP contribution >= 0.6 is 0 Å². The lowest BCUT2D eigenvalue weighted by Crippen LogP contribution is -2.46. The fourth-order valence-corrected chi connectivity index (χ4v) is 2.15. The van der Waals surface area contributed by atoms with E-state index in [1.165, 1.54) is 0 Å². The van der Waals surface area contributed by atoms with Crippen LogP contribution in [0.3, 0.4) is 0 Å². The first-order chi connectivity index (χ1) is 9.24. The van der Waals surface area contributed by atoms with Gasteiger partial charge in [0.1, 0.15) is 6.17 Å². The summed E-state index contributed by atoms with van der Waals surface area (Å²) >= 11 is 0. The maximum absolute atomic E-state index is 10.8. The molecule has 0 radical (unpaired) electrons. The standard InChI is InChI=1S/C14H13N3O2/c18-14(19)10-3-1-9(2-4-10)11-7-12-13(17-8-11)16-6-5-15-12/h1-8,12-13,15-16H,(H,18,19). The van der Waals surface area contributed by atoms with Crippen molar-refractivity contribution in [2.45, 2.75) is 12.2 Å². The number of dihydropyridines is 1. The highest BCUT2D eigenvalue weighted by molar-refractivity contribution is 6.10. The molecule has 0 saturated carbocycles. The Balaban J connectivity index is 1.86. The van der Waals surface area contributed by atoms with Gasteiger partial charge in [-0.2, -0.15) is 0 Å². The van der Waals surface area contributed by atoms with E-state index in [2.05, 4.69) is 21.7 Å².